The Kier molecular flexibility index (Phi) is 5.85. The van der Waals surface area contributed by atoms with Gasteiger partial charge in [-0.15, -0.1) is 0 Å². The maximum Gasteiger partial charge on any atom is 0.138 e. The Morgan fingerprint density at radius 2 is 1.57 bits per heavy atom. The first-order chi connectivity index (χ1) is 13.7. The lowest BCUT2D eigenvalue weighted by molar-refractivity contribution is 0.263. The zero-order valence-electron chi connectivity index (χ0n) is 15.7. The van der Waals surface area contributed by atoms with E-state index in [0.717, 1.165) is 38.7 Å². The zero-order chi connectivity index (χ0) is 19.3. The third-order valence-electron chi connectivity index (χ3n) is 4.61. The number of anilines is 2. The van der Waals surface area contributed by atoms with Crippen molar-refractivity contribution >= 4 is 11.4 Å². The van der Waals surface area contributed by atoms with Crippen LogP contribution in [0.3, 0.4) is 0 Å². The Bertz CT molecular complexity index is 740. The van der Waals surface area contributed by atoms with Crippen molar-refractivity contribution in [1.29, 1.82) is 0 Å². The standard InChI is InChI=1S/C15H19NO4.C6H7NO/c1-2-11(4-12(3-1)17-9-15-10-20-15)16(5-13-7-18-13)6-14-8-19-14;7-5-3-1-2-4-6(5)8/h1-4,13-15H,5-10H2;1-4,8H,7H2. The van der Waals surface area contributed by atoms with Gasteiger partial charge in [0.2, 0.25) is 0 Å². The summed E-state index contributed by atoms with van der Waals surface area (Å²) in [5.41, 5.74) is 6.86. The van der Waals surface area contributed by atoms with Crippen molar-refractivity contribution in [3.63, 3.8) is 0 Å². The molecule has 2 aromatic carbocycles. The maximum atomic E-state index is 8.79. The van der Waals surface area contributed by atoms with Crippen molar-refractivity contribution in [3.8, 4) is 11.5 Å². The second-order valence-corrected chi connectivity index (χ2v) is 7.14. The van der Waals surface area contributed by atoms with Crippen molar-refractivity contribution in [3.05, 3.63) is 48.5 Å². The highest BCUT2D eigenvalue weighted by Gasteiger charge is 2.31. The summed E-state index contributed by atoms with van der Waals surface area (Å²) in [7, 11) is 0. The molecule has 3 aliphatic rings. The predicted molar refractivity (Wildman–Crippen MR) is 106 cm³/mol. The molecule has 3 saturated heterocycles. The number of aromatic hydroxyl groups is 1. The monoisotopic (exact) mass is 386 g/mol. The first kappa shape index (κ1) is 18.9. The molecule has 0 radical (unpaired) electrons. The van der Waals surface area contributed by atoms with Crippen LogP contribution in [0.2, 0.25) is 0 Å². The molecule has 0 aliphatic carbocycles. The van der Waals surface area contributed by atoms with Gasteiger partial charge in [0.05, 0.1) is 37.7 Å². The van der Waals surface area contributed by atoms with Crippen LogP contribution in [-0.4, -0.2) is 62.9 Å². The lowest BCUT2D eigenvalue weighted by atomic mass is 10.2. The number of hydrogen-bond donors (Lipinski definition) is 2. The van der Waals surface area contributed by atoms with Crippen LogP contribution in [0.5, 0.6) is 11.5 Å². The van der Waals surface area contributed by atoms with Crippen LogP contribution in [-0.2, 0) is 14.2 Å². The van der Waals surface area contributed by atoms with Gasteiger partial charge in [0.15, 0.2) is 0 Å². The van der Waals surface area contributed by atoms with Gasteiger partial charge in [-0.25, -0.2) is 0 Å². The molecule has 0 amide bonds. The first-order valence-electron chi connectivity index (χ1n) is 9.53. The summed E-state index contributed by atoms with van der Waals surface area (Å²) in [6.45, 7) is 5.06. The SMILES string of the molecule is Nc1ccccc1O.c1cc(OCC2CO2)cc(N(CC2CO2)CC2CO2)c1. The molecule has 3 unspecified atom stereocenters. The van der Waals surface area contributed by atoms with Gasteiger partial charge in [-0.3, -0.25) is 0 Å². The smallest absolute Gasteiger partial charge is 0.138 e. The van der Waals surface area contributed by atoms with Gasteiger partial charge in [0, 0.05) is 24.8 Å². The zero-order valence-corrected chi connectivity index (χ0v) is 15.7. The fraction of sp³-hybridized carbons (Fsp3) is 0.429. The number of ether oxygens (including phenoxy) is 4. The van der Waals surface area contributed by atoms with E-state index < -0.39 is 0 Å². The Hall–Kier alpha value is -2.48. The first-order valence-corrected chi connectivity index (χ1v) is 9.53. The molecule has 3 aliphatic heterocycles. The van der Waals surface area contributed by atoms with Crippen LogP contribution in [0.25, 0.3) is 0 Å². The number of nitrogens with zero attached hydrogens (tertiary/aromatic N) is 1. The summed E-state index contributed by atoms with van der Waals surface area (Å²) in [6.07, 6.45) is 1.03. The fourth-order valence-corrected chi connectivity index (χ4v) is 2.73. The number of para-hydroxylation sites is 2. The van der Waals surface area contributed by atoms with Crippen LogP contribution in [0.1, 0.15) is 0 Å². The van der Waals surface area contributed by atoms with E-state index in [9.17, 15) is 0 Å². The van der Waals surface area contributed by atoms with Crippen LogP contribution in [0, 0.1) is 0 Å². The highest BCUT2D eigenvalue weighted by Crippen LogP contribution is 2.26. The van der Waals surface area contributed by atoms with E-state index in [-0.39, 0.29) is 11.9 Å². The number of epoxide rings is 3. The molecule has 3 N–H and O–H groups in total. The molecule has 7 heteroatoms. The lowest BCUT2D eigenvalue weighted by Crippen LogP contribution is -2.31. The second kappa shape index (κ2) is 8.68. The van der Waals surface area contributed by atoms with Crippen molar-refractivity contribution < 1.29 is 24.1 Å². The molecule has 28 heavy (non-hydrogen) atoms. The van der Waals surface area contributed by atoms with Gasteiger partial charge in [-0.05, 0) is 24.3 Å². The summed E-state index contributed by atoms with van der Waals surface area (Å²) in [5, 5.41) is 8.79. The number of nitrogens with two attached hydrogens (primary N) is 1. The van der Waals surface area contributed by atoms with Gasteiger partial charge in [0.25, 0.3) is 0 Å². The van der Waals surface area contributed by atoms with E-state index in [2.05, 4.69) is 17.0 Å². The lowest BCUT2D eigenvalue weighted by Gasteiger charge is -2.23. The molecule has 7 nitrogen and oxygen atoms in total. The largest absolute Gasteiger partial charge is 0.506 e. The molecule has 3 fully saturated rings. The second-order valence-electron chi connectivity index (χ2n) is 7.14. The van der Waals surface area contributed by atoms with Gasteiger partial charge in [-0.2, -0.15) is 0 Å². The summed E-state index contributed by atoms with van der Waals surface area (Å²) >= 11 is 0. The Labute approximate surface area is 164 Å². The third-order valence-corrected chi connectivity index (χ3v) is 4.61. The Morgan fingerprint density at radius 3 is 2.11 bits per heavy atom. The molecule has 0 saturated carbocycles. The minimum absolute atomic E-state index is 0.146. The van der Waals surface area contributed by atoms with E-state index in [4.69, 9.17) is 29.8 Å². The highest BCUT2D eigenvalue weighted by atomic mass is 16.6. The van der Waals surface area contributed by atoms with Gasteiger partial charge in [-0.1, -0.05) is 18.2 Å². The van der Waals surface area contributed by atoms with E-state index in [1.54, 1.807) is 24.3 Å². The van der Waals surface area contributed by atoms with Crippen molar-refractivity contribution in [1.82, 2.24) is 0 Å². The third kappa shape index (κ3) is 6.02. The van der Waals surface area contributed by atoms with E-state index >= 15 is 0 Å². The molecular weight excluding hydrogens is 360 g/mol. The highest BCUT2D eigenvalue weighted by molar-refractivity contribution is 5.51. The van der Waals surface area contributed by atoms with Gasteiger partial charge >= 0.3 is 0 Å². The summed E-state index contributed by atoms with van der Waals surface area (Å²) in [6, 6.07) is 14.9. The molecule has 5 rings (SSSR count). The normalized spacial score (nSPS) is 23.9. The summed E-state index contributed by atoms with van der Waals surface area (Å²) in [4.78, 5) is 2.33. The van der Waals surface area contributed by atoms with Crippen molar-refractivity contribution in [2.75, 3.05) is 50.2 Å². The minimum Gasteiger partial charge on any atom is -0.506 e. The van der Waals surface area contributed by atoms with Crippen LogP contribution in [0.4, 0.5) is 11.4 Å². The average Bonchev–Trinajstić information content (AvgIpc) is 3.55. The molecule has 2 aromatic rings. The summed E-state index contributed by atoms with van der Waals surface area (Å²) in [5.74, 6) is 1.05. The number of benzene rings is 2. The van der Waals surface area contributed by atoms with Crippen molar-refractivity contribution in [2.45, 2.75) is 18.3 Å². The van der Waals surface area contributed by atoms with E-state index in [1.807, 2.05) is 12.1 Å². The Balaban J connectivity index is 0.000000203. The fourth-order valence-electron chi connectivity index (χ4n) is 2.73. The topological polar surface area (TPSA) is 96.3 Å². The Morgan fingerprint density at radius 1 is 0.929 bits per heavy atom. The number of hydrogen-bond acceptors (Lipinski definition) is 7. The maximum absolute atomic E-state index is 8.79. The molecule has 3 atom stereocenters. The van der Waals surface area contributed by atoms with Crippen molar-refractivity contribution in [2.24, 2.45) is 0 Å². The molecule has 3 heterocycles. The van der Waals surface area contributed by atoms with Crippen LogP contribution in [0.15, 0.2) is 48.5 Å². The molecule has 150 valence electrons. The molecule has 0 aromatic heterocycles. The number of rotatable bonds is 8. The minimum atomic E-state index is 0.146. The van der Waals surface area contributed by atoms with Gasteiger partial charge < -0.3 is 34.7 Å². The van der Waals surface area contributed by atoms with E-state index in [1.165, 1.54) is 5.69 Å². The molecule has 0 bridgehead atoms. The van der Waals surface area contributed by atoms with Crippen LogP contribution >= 0.6 is 0 Å². The summed E-state index contributed by atoms with van der Waals surface area (Å²) < 4.78 is 21.6. The molecule has 0 spiro atoms. The quantitative estimate of drug-likeness (QED) is 0.407. The molecular formula is C21H26N2O5. The number of phenols is 1. The number of nitrogen functional groups attached to an aromatic ring is 1. The predicted octanol–water partition coefficient (Wildman–Crippen LogP) is 2.04. The average molecular weight is 386 g/mol. The van der Waals surface area contributed by atoms with E-state index in [0.29, 0.717) is 24.5 Å². The van der Waals surface area contributed by atoms with Crippen LogP contribution < -0.4 is 15.4 Å². The number of phenolic OH excluding ortho intramolecular Hbond substituents is 1. The van der Waals surface area contributed by atoms with Gasteiger partial charge in [0.1, 0.15) is 24.2 Å².